The summed E-state index contributed by atoms with van der Waals surface area (Å²) in [7, 11) is 1.30. The van der Waals surface area contributed by atoms with E-state index in [0.29, 0.717) is 23.1 Å². The Balaban J connectivity index is 1.31. The molecule has 1 heterocycles. The molecule has 0 unspecified atom stereocenters. The van der Waals surface area contributed by atoms with E-state index in [1.807, 2.05) is 0 Å². The highest BCUT2D eigenvalue weighted by Gasteiger charge is 2.67. The van der Waals surface area contributed by atoms with Gasteiger partial charge in [-0.25, -0.2) is 4.79 Å². The molecule has 150 valence electrons. The first-order valence-electron chi connectivity index (χ1n) is 9.97. The van der Waals surface area contributed by atoms with E-state index in [1.165, 1.54) is 12.0 Å². The van der Waals surface area contributed by atoms with Crippen LogP contribution in [0.2, 0.25) is 0 Å². The van der Waals surface area contributed by atoms with Crippen molar-refractivity contribution in [2.45, 2.75) is 19.4 Å². The molecule has 0 spiro atoms. The van der Waals surface area contributed by atoms with Crippen LogP contribution in [0.1, 0.15) is 23.7 Å². The summed E-state index contributed by atoms with van der Waals surface area (Å²) >= 11 is 0. The number of likely N-dealkylation sites (tertiary alicyclic amines) is 1. The number of rotatable bonds is 4. The lowest BCUT2D eigenvalue weighted by Gasteiger charge is -2.37. The van der Waals surface area contributed by atoms with Crippen LogP contribution in [0.4, 0.5) is 5.69 Å². The van der Waals surface area contributed by atoms with Crippen LogP contribution in [-0.2, 0) is 19.1 Å². The predicted molar refractivity (Wildman–Crippen MR) is 102 cm³/mol. The first-order valence-corrected chi connectivity index (χ1v) is 9.97. The van der Waals surface area contributed by atoms with Gasteiger partial charge in [0.25, 0.3) is 0 Å². The molecular formula is C22H22N2O5. The zero-order valence-electron chi connectivity index (χ0n) is 16.2. The molecule has 5 aliphatic rings. The number of hydrogen-bond donors (Lipinski definition) is 1. The van der Waals surface area contributed by atoms with Gasteiger partial charge in [0.15, 0.2) is 0 Å². The molecule has 0 aromatic heterocycles. The fourth-order valence-corrected chi connectivity index (χ4v) is 5.53. The highest BCUT2D eigenvalue weighted by molar-refractivity contribution is 6.10. The van der Waals surface area contributed by atoms with Gasteiger partial charge >= 0.3 is 5.97 Å². The maximum Gasteiger partial charge on any atom is 0.337 e. The highest BCUT2D eigenvalue weighted by atomic mass is 16.5. The fraction of sp³-hybridized carbons (Fsp3) is 0.455. The third kappa shape index (κ3) is 2.56. The summed E-state index contributed by atoms with van der Waals surface area (Å²) in [4.78, 5) is 51.6. The standard InChI is InChI=1S/C22H22N2O5/c1-10(19(25)23-12-5-3-11(4-6-12)22(28)29-2)24-20(26)17-13-7-8-14(16-9-15(13)16)18(17)21(24)27/h3-8,10,13-18H,9H2,1-2H3,(H,23,25)/t10-,13-,14-,15-,16-,17+,18+/m0/s1. The second-order valence-corrected chi connectivity index (χ2v) is 8.44. The molecule has 1 N–H and O–H groups in total. The maximum atomic E-state index is 13.1. The third-order valence-electron chi connectivity index (χ3n) is 7.04. The normalized spacial score (nSPS) is 34.5. The van der Waals surface area contributed by atoms with E-state index in [9.17, 15) is 19.2 Å². The average Bonchev–Trinajstić information content (AvgIpc) is 3.51. The van der Waals surface area contributed by atoms with Crippen molar-refractivity contribution in [1.82, 2.24) is 4.90 Å². The van der Waals surface area contributed by atoms with E-state index >= 15 is 0 Å². The SMILES string of the molecule is COC(=O)c1ccc(NC(=O)[C@H](C)N2C(=O)[C@@H]3[C@H]4C=C[C@@H]([C@@H]5C[C@@H]45)[C@H]3C2=O)cc1. The quantitative estimate of drug-likeness (QED) is 0.478. The van der Waals surface area contributed by atoms with Gasteiger partial charge in [-0.1, -0.05) is 12.2 Å². The molecule has 0 radical (unpaired) electrons. The van der Waals surface area contributed by atoms with Crippen molar-refractivity contribution in [3.05, 3.63) is 42.0 Å². The van der Waals surface area contributed by atoms with Gasteiger partial charge in [0, 0.05) is 5.69 Å². The zero-order chi connectivity index (χ0) is 20.4. The molecule has 7 atom stereocenters. The summed E-state index contributed by atoms with van der Waals surface area (Å²) in [6.45, 7) is 1.58. The minimum absolute atomic E-state index is 0.137. The number of nitrogens with zero attached hydrogens (tertiary/aromatic N) is 1. The average molecular weight is 394 g/mol. The van der Waals surface area contributed by atoms with E-state index in [4.69, 9.17) is 0 Å². The highest BCUT2D eigenvalue weighted by Crippen LogP contribution is 2.65. The van der Waals surface area contributed by atoms with Gasteiger partial charge in [-0.2, -0.15) is 0 Å². The summed E-state index contributed by atoms with van der Waals surface area (Å²) in [5, 5.41) is 2.73. The Labute approximate surface area is 168 Å². The van der Waals surface area contributed by atoms with E-state index < -0.39 is 17.9 Å². The zero-order valence-corrected chi connectivity index (χ0v) is 16.2. The summed E-state index contributed by atoms with van der Waals surface area (Å²) in [6, 6.07) is 5.37. The minimum Gasteiger partial charge on any atom is -0.465 e. The number of carbonyl (C=O) groups is 4. The van der Waals surface area contributed by atoms with Crippen LogP contribution in [0.15, 0.2) is 36.4 Å². The Morgan fingerprint density at radius 3 is 2.10 bits per heavy atom. The smallest absolute Gasteiger partial charge is 0.337 e. The molecule has 1 aromatic rings. The minimum atomic E-state index is -0.892. The largest absolute Gasteiger partial charge is 0.465 e. The molecule has 2 bridgehead atoms. The maximum absolute atomic E-state index is 13.1. The molecular weight excluding hydrogens is 372 g/mol. The second-order valence-electron chi connectivity index (χ2n) is 8.44. The van der Waals surface area contributed by atoms with Crippen molar-refractivity contribution < 1.29 is 23.9 Å². The van der Waals surface area contributed by atoms with Crippen molar-refractivity contribution in [2.75, 3.05) is 12.4 Å². The number of hydrogen-bond acceptors (Lipinski definition) is 5. The van der Waals surface area contributed by atoms with Crippen molar-refractivity contribution in [3.8, 4) is 0 Å². The molecule has 1 saturated heterocycles. The molecule has 2 saturated carbocycles. The van der Waals surface area contributed by atoms with Crippen molar-refractivity contribution in [3.63, 3.8) is 0 Å². The fourth-order valence-electron chi connectivity index (χ4n) is 5.53. The summed E-state index contributed by atoms with van der Waals surface area (Å²) in [5.41, 5.74) is 0.850. The Kier molecular flexibility index (Phi) is 3.91. The number of nitrogens with one attached hydrogen (secondary N) is 1. The number of imide groups is 1. The summed E-state index contributed by atoms with van der Waals surface area (Å²) < 4.78 is 4.65. The second kappa shape index (κ2) is 6.27. The van der Waals surface area contributed by atoms with Gasteiger partial charge < -0.3 is 10.1 Å². The third-order valence-corrected chi connectivity index (χ3v) is 7.04. The molecule has 3 amide bonds. The van der Waals surface area contributed by atoms with E-state index in [1.54, 1.807) is 31.2 Å². The number of methoxy groups -OCH3 is 1. The molecule has 1 aromatic carbocycles. The van der Waals surface area contributed by atoms with Gasteiger partial charge in [0.1, 0.15) is 6.04 Å². The number of benzene rings is 1. The van der Waals surface area contributed by atoms with Gasteiger partial charge in [0.05, 0.1) is 24.5 Å². The summed E-state index contributed by atoms with van der Waals surface area (Å²) in [5.74, 6) is -0.612. The molecule has 7 heteroatoms. The van der Waals surface area contributed by atoms with Crippen LogP contribution >= 0.6 is 0 Å². The Bertz CT molecular complexity index is 916. The molecule has 4 aliphatic carbocycles. The summed E-state index contributed by atoms with van der Waals surface area (Å²) in [6.07, 6.45) is 5.33. The molecule has 29 heavy (non-hydrogen) atoms. The number of amides is 3. The van der Waals surface area contributed by atoms with Crippen LogP contribution in [0.3, 0.4) is 0 Å². The lowest BCUT2D eigenvalue weighted by Crippen LogP contribution is -2.46. The molecule has 7 nitrogen and oxygen atoms in total. The van der Waals surface area contributed by atoms with Crippen LogP contribution in [0.5, 0.6) is 0 Å². The van der Waals surface area contributed by atoms with E-state index in [0.717, 1.165) is 6.42 Å². The van der Waals surface area contributed by atoms with Crippen LogP contribution < -0.4 is 5.32 Å². The Morgan fingerprint density at radius 1 is 1.03 bits per heavy atom. The molecule has 6 rings (SSSR count). The number of allylic oxidation sites excluding steroid dienone is 2. The topological polar surface area (TPSA) is 92.8 Å². The predicted octanol–water partition coefficient (Wildman–Crippen LogP) is 1.85. The Hall–Kier alpha value is -2.96. The van der Waals surface area contributed by atoms with Crippen LogP contribution in [0.25, 0.3) is 0 Å². The van der Waals surface area contributed by atoms with E-state index in [-0.39, 0.29) is 35.5 Å². The molecule has 3 fully saturated rings. The number of esters is 1. The lowest BCUT2D eigenvalue weighted by molar-refractivity contribution is -0.146. The van der Waals surface area contributed by atoms with Gasteiger partial charge in [-0.15, -0.1) is 0 Å². The first kappa shape index (κ1) is 18.1. The van der Waals surface area contributed by atoms with Gasteiger partial charge in [0.2, 0.25) is 17.7 Å². The monoisotopic (exact) mass is 394 g/mol. The number of ether oxygens (including phenoxy) is 1. The van der Waals surface area contributed by atoms with Crippen molar-refractivity contribution in [1.29, 1.82) is 0 Å². The van der Waals surface area contributed by atoms with E-state index in [2.05, 4.69) is 22.2 Å². The van der Waals surface area contributed by atoms with Gasteiger partial charge in [-0.05, 0) is 61.3 Å². The number of carbonyl (C=O) groups excluding carboxylic acids is 4. The van der Waals surface area contributed by atoms with Crippen LogP contribution in [0, 0.1) is 35.5 Å². The van der Waals surface area contributed by atoms with Gasteiger partial charge in [-0.3, -0.25) is 19.3 Å². The van der Waals surface area contributed by atoms with Crippen molar-refractivity contribution in [2.24, 2.45) is 35.5 Å². The molecule has 1 aliphatic heterocycles. The van der Waals surface area contributed by atoms with Crippen LogP contribution in [-0.4, -0.2) is 41.7 Å². The first-order chi connectivity index (χ1) is 13.9. The number of anilines is 1. The van der Waals surface area contributed by atoms with Crippen molar-refractivity contribution >= 4 is 29.4 Å². The lowest BCUT2D eigenvalue weighted by atomic mass is 9.63. The Morgan fingerprint density at radius 2 is 1.59 bits per heavy atom.